The number of alkyl halides is 3. The largest absolute Gasteiger partial charge is 0.417 e. The summed E-state index contributed by atoms with van der Waals surface area (Å²) in [5.41, 5.74) is 3.94. The van der Waals surface area contributed by atoms with Crippen molar-refractivity contribution in [3.63, 3.8) is 0 Å². The summed E-state index contributed by atoms with van der Waals surface area (Å²) in [6, 6.07) is 6.54. The van der Waals surface area contributed by atoms with Gasteiger partial charge < -0.3 is 26.1 Å². The average molecular weight is 473 g/mol. The van der Waals surface area contributed by atoms with E-state index in [1.165, 1.54) is 12.1 Å². The number of hydrogen-bond donors (Lipinski definition) is 4. The molecule has 0 saturated carbocycles. The maximum Gasteiger partial charge on any atom is 0.417 e. The molecule has 4 rings (SSSR count). The van der Waals surface area contributed by atoms with Crippen LogP contribution in [0.2, 0.25) is 0 Å². The van der Waals surface area contributed by atoms with Gasteiger partial charge in [-0.15, -0.1) is 0 Å². The molecule has 12 heteroatoms. The predicted molar refractivity (Wildman–Crippen MR) is 121 cm³/mol. The molecular formula is C22H22F3N7O2. The fourth-order valence-electron chi connectivity index (χ4n) is 3.95. The molecule has 1 aliphatic rings. The van der Waals surface area contributed by atoms with Gasteiger partial charge in [-0.3, -0.25) is 9.89 Å². The van der Waals surface area contributed by atoms with Gasteiger partial charge in [-0.1, -0.05) is 12.1 Å². The quantitative estimate of drug-likeness (QED) is 0.405. The number of aromatic amines is 1. The summed E-state index contributed by atoms with van der Waals surface area (Å²) in [5, 5.41) is 17.7. The Morgan fingerprint density at radius 1 is 1.35 bits per heavy atom. The van der Waals surface area contributed by atoms with E-state index < -0.39 is 23.2 Å². The van der Waals surface area contributed by atoms with Crippen molar-refractivity contribution in [1.82, 2.24) is 15.2 Å². The summed E-state index contributed by atoms with van der Waals surface area (Å²) < 4.78 is 46.7. The standard InChI is InChI=1S/C22H22F3N7O2/c1-12-11-34-8-7-32(12)18-9-14(15(10-26)21(30-18)29-17-5-6-28-31-17)13-3-2-4-16(22(23,24)25)19(13)20(27)33/h2-6,9-10,12,26H,7-8,11H2,1H3,(H2,27,33)(H2,28,29,30,31)/t12-/m1/s1. The SMILES string of the molecule is C[C@@H]1COCCN1c1cc(-c2cccc(C(F)(F)F)c2C(N)=O)c(C=N)c(Nc2cc[nH]n2)n1. The van der Waals surface area contributed by atoms with Crippen molar-refractivity contribution < 1.29 is 22.7 Å². The number of benzene rings is 1. The molecule has 1 fully saturated rings. The van der Waals surface area contributed by atoms with Crippen LogP contribution < -0.4 is 16.0 Å². The number of H-pyrrole nitrogens is 1. The van der Waals surface area contributed by atoms with Crippen LogP contribution in [0.1, 0.15) is 28.4 Å². The van der Waals surface area contributed by atoms with Crippen molar-refractivity contribution in [2.45, 2.75) is 19.1 Å². The highest BCUT2D eigenvalue weighted by atomic mass is 19.4. The monoisotopic (exact) mass is 473 g/mol. The summed E-state index contributed by atoms with van der Waals surface area (Å²) in [6.07, 6.45) is -2.25. The number of hydrogen-bond acceptors (Lipinski definition) is 7. The Labute approximate surface area is 192 Å². The molecule has 34 heavy (non-hydrogen) atoms. The number of amides is 1. The van der Waals surface area contributed by atoms with Crippen LogP contribution in [0.15, 0.2) is 36.5 Å². The second kappa shape index (κ2) is 9.14. The lowest BCUT2D eigenvalue weighted by atomic mass is 9.92. The molecule has 0 spiro atoms. The summed E-state index contributed by atoms with van der Waals surface area (Å²) in [6.45, 7) is 3.34. The second-order valence-corrected chi connectivity index (χ2v) is 7.73. The van der Waals surface area contributed by atoms with Crippen LogP contribution >= 0.6 is 0 Å². The molecule has 0 aliphatic carbocycles. The van der Waals surface area contributed by atoms with E-state index in [0.717, 1.165) is 12.3 Å². The highest BCUT2D eigenvalue weighted by Gasteiger charge is 2.36. The number of aromatic nitrogens is 3. The summed E-state index contributed by atoms with van der Waals surface area (Å²) in [7, 11) is 0. The van der Waals surface area contributed by atoms with Gasteiger partial charge >= 0.3 is 6.18 Å². The van der Waals surface area contributed by atoms with Crippen molar-refractivity contribution in [2.75, 3.05) is 30.0 Å². The minimum absolute atomic E-state index is 0.0459. The van der Waals surface area contributed by atoms with Crippen LogP contribution in [0.5, 0.6) is 0 Å². The first-order valence-corrected chi connectivity index (χ1v) is 10.4. The van der Waals surface area contributed by atoms with Gasteiger partial charge in [-0.05, 0) is 30.2 Å². The van der Waals surface area contributed by atoms with Gasteiger partial charge in [0.15, 0.2) is 5.82 Å². The van der Waals surface area contributed by atoms with E-state index in [1.807, 2.05) is 11.8 Å². The van der Waals surface area contributed by atoms with Gasteiger partial charge in [0.2, 0.25) is 5.91 Å². The zero-order chi connectivity index (χ0) is 24.5. The zero-order valence-corrected chi connectivity index (χ0v) is 18.1. The normalized spacial score (nSPS) is 16.4. The number of ether oxygens (including phenoxy) is 1. The molecule has 2 aromatic heterocycles. The third-order valence-corrected chi connectivity index (χ3v) is 5.50. The molecule has 3 aromatic rings. The van der Waals surface area contributed by atoms with E-state index in [9.17, 15) is 18.0 Å². The Kier molecular flexibility index (Phi) is 6.24. The number of nitrogens with one attached hydrogen (secondary N) is 3. The van der Waals surface area contributed by atoms with E-state index in [-0.39, 0.29) is 28.6 Å². The fourth-order valence-corrected chi connectivity index (χ4v) is 3.95. The smallest absolute Gasteiger partial charge is 0.377 e. The van der Waals surface area contributed by atoms with Crippen LogP contribution in [-0.4, -0.2) is 53.1 Å². The highest BCUT2D eigenvalue weighted by Crippen LogP contribution is 2.40. The molecule has 1 aromatic carbocycles. The number of primary amides is 1. The van der Waals surface area contributed by atoms with Gasteiger partial charge in [-0.25, -0.2) is 4.98 Å². The van der Waals surface area contributed by atoms with Crippen LogP contribution in [0, 0.1) is 5.41 Å². The maximum atomic E-state index is 13.7. The third kappa shape index (κ3) is 4.44. The van der Waals surface area contributed by atoms with Crippen molar-refractivity contribution in [3.05, 3.63) is 53.2 Å². The first-order valence-electron chi connectivity index (χ1n) is 10.4. The number of carbonyl (C=O) groups excluding carboxylic acids is 1. The summed E-state index contributed by atoms with van der Waals surface area (Å²) in [5.74, 6) is -0.185. The number of nitrogens with two attached hydrogens (primary N) is 1. The molecule has 5 N–H and O–H groups in total. The van der Waals surface area contributed by atoms with Crippen molar-refractivity contribution in [2.24, 2.45) is 5.73 Å². The topological polar surface area (TPSA) is 133 Å². The van der Waals surface area contributed by atoms with E-state index in [2.05, 4.69) is 20.5 Å². The number of pyridine rings is 1. The number of nitrogens with zero attached hydrogens (tertiary/aromatic N) is 3. The van der Waals surface area contributed by atoms with Gasteiger partial charge in [0.1, 0.15) is 11.6 Å². The number of morpholine rings is 1. The number of rotatable bonds is 6. The lowest BCUT2D eigenvalue weighted by molar-refractivity contribution is -0.137. The van der Waals surface area contributed by atoms with E-state index in [0.29, 0.717) is 31.4 Å². The Bertz CT molecular complexity index is 1210. The summed E-state index contributed by atoms with van der Waals surface area (Å²) in [4.78, 5) is 18.8. The lowest BCUT2D eigenvalue weighted by Crippen LogP contribution is -2.44. The van der Waals surface area contributed by atoms with E-state index >= 15 is 0 Å². The number of anilines is 3. The molecule has 0 radical (unpaired) electrons. The van der Waals surface area contributed by atoms with Crippen LogP contribution in [-0.2, 0) is 10.9 Å². The molecule has 178 valence electrons. The lowest BCUT2D eigenvalue weighted by Gasteiger charge is -2.35. The molecule has 1 aliphatic heterocycles. The fraction of sp³-hybridized carbons (Fsp3) is 0.273. The van der Waals surface area contributed by atoms with Gasteiger partial charge in [0.25, 0.3) is 0 Å². The predicted octanol–water partition coefficient (Wildman–Crippen LogP) is 3.56. The van der Waals surface area contributed by atoms with Crippen molar-refractivity contribution >= 4 is 29.6 Å². The zero-order valence-electron chi connectivity index (χ0n) is 18.1. The van der Waals surface area contributed by atoms with Crippen molar-refractivity contribution in [3.8, 4) is 11.1 Å². The molecule has 1 amide bonds. The van der Waals surface area contributed by atoms with Crippen molar-refractivity contribution in [1.29, 1.82) is 5.41 Å². The molecule has 9 nitrogen and oxygen atoms in total. The molecule has 1 atom stereocenters. The van der Waals surface area contributed by atoms with Crippen LogP contribution in [0.25, 0.3) is 11.1 Å². The number of carbonyl (C=O) groups is 1. The maximum absolute atomic E-state index is 13.7. The second-order valence-electron chi connectivity index (χ2n) is 7.73. The van der Waals surface area contributed by atoms with E-state index in [1.54, 1.807) is 18.3 Å². The Morgan fingerprint density at radius 3 is 2.76 bits per heavy atom. The minimum Gasteiger partial charge on any atom is -0.377 e. The first kappa shape index (κ1) is 23.2. The Balaban J connectivity index is 1.99. The third-order valence-electron chi connectivity index (χ3n) is 5.50. The Morgan fingerprint density at radius 2 is 2.15 bits per heavy atom. The van der Waals surface area contributed by atoms with Gasteiger partial charge in [-0.2, -0.15) is 18.3 Å². The minimum atomic E-state index is -4.80. The molecule has 0 bridgehead atoms. The van der Waals surface area contributed by atoms with Crippen LogP contribution in [0.4, 0.5) is 30.6 Å². The average Bonchev–Trinajstić information content (AvgIpc) is 3.31. The highest BCUT2D eigenvalue weighted by molar-refractivity contribution is 6.05. The van der Waals surface area contributed by atoms with Gasteiger partial charge in [0.05, 0.1) is 30.4 Å². The van der Waals surface area contributed by atoms with Gasteiger partial charge in [0, 0.05) is 30.6 Å². The Hall–Kier alpha value is -3.93. The first-order chi connectivity index (χ1) is 16.2. The molecule has 0 unspecified atom stereocenters. The number of halogens is 3. The van der Waals surface area contributed by atoms with Crippen LogP contribution in [0.3, 0.4) is 0 Å². The summed E-state index contributed by atoms with van der Waals surface area (Å²) >= 11 is 0. The van der Waals surface area contributed by atoms with E-state index in [4.69, 9.17) is 15.9 Å². The molecule has 3 heterocycles. The molecular weight excluding hydrogens is 451 g/mol. The molecule has 1 saturated heterocycles.